The lowest BCUT2D eigenvalue weighted by Gasteiger charge is -2.41. The first-order valence-electron chi connectivity index (χ1n) is 12.3. The van der Waals surface area contributed by atoms with Gasteiger partial charge in [-0.25, -0.2) is 4.79 Å². The zero-order valence-corrected chi connectivity index (χ0v) is 21.6. The largest absolute Gasteiger partial charge is 0.458 e. The van der Waals surface area contributed by atoms with E-state index in [-0.39, 0.29) is 42.4 Å². The maximum Gasteiger partial charge on any atom is 0.340 e. The van der Waals surface area contributed by atoms with Gasteiger partial charge in [0.1, 0.15) is 6.10 Å². The second-order valence-electron chi connectivity index (χ2n) is 9.90. The normalized spacial score (nSPS) is 24.1. The summed E-state index contributed by atoms with van der Waals surface area (Å²) in [4.78, 5) is 16.5. The number of aryl methyl sites for hydroxylation is 1. The molecule has 2 unspecified atom stereocenters. The van der Waals surface area contributed by atoms with E-state index in [0.717, 1.165) is 68.9 Å². The van der Waals surface area contributed by atoms with E-state index in [1.807, 2.05) is 13.1 Å². The molecule has 1 fully saturated rings. The number of carbonyl (C=O) groups is 1. The first-order chi connectivity index (χ1) is 15.1. The molecule has 1 N–H and O–H groups in total. The topological polar surface area (TPSA) is 85.5 Å². The van der Waals surface area contributed by atoms with Gasteiger partial charge in [-0.1, -0.05) is 53.4 Å². The van der Waals surface area contributed by atoms with Crippen LogP contribution in [0.4, 0.5) is 0 Å². The summed E-state index contributed by atoms with van der Waals surface area (Å²) in [6, 6.07) is 0. The fourth-order valence-electron chi connectivity index (χ4n) is 5.11. The number of nitrogens with one attached hydrogen (secondary N) is 1. The second-order valence-corrected chi connectivity index (χ2v) is 11.5. The Kier molecular flexibility index (Phi) is 10.3. The molecule has 0 spiro atoms. The van der Waals surface area contributed by atoms with Gasteiger partial charge in [0.15, 0.2) is 0 Å². The zero-order chi connectivity index (χ0) is 23.9. The molecule has 1 aliphatic carbocycles. The van der Waals surface area contributed by atoms with E-state index in [1.54, 1.807) is 0 Å². The maximum absolute atomic E-state index is 13.4. The highest BCUT2D eigenvalue weighted by Crippen LogP contribution is 2.41. The molecular weight excluding hydrogens is 426 g/mol. The number of esters is 1. The number of rotatable bonds is 12. The molecule has 6 nitrogen and oxygen atoms in total. The molecule has 1 saturated carbocycles. The van der Waals surface area contributed by atoms with Crippen molar-refractivity contribution in [1.29, 1.82) is 0 Å². The summed E-state index contributed by atoms with van der Waals surface area (Å²) >= 11 is 0. The number of aromatic amines is 1. The van der Waals surface area contributed by atoms with Crippen LogP contribution in [0.15, 0.2) is 6.20 Å². The Morgan fingerprint density at radius 3 is 2.16 bits per heavy atom. The van der Waals surface area contributed by atoms with Crippen molar-refractivity contribution >= 4 is 16.1 Å². The summed E-state index contributed by atoms with van der Waals surface area (Å²) in [5.74, 6) is 0.627. The maximum atomic E-state index is 13.4. The zero-order valence-electron chi connectivity index (χ0n) is 20.8. The lowest BCUT2D eigenvalue weighted by molar-refractivity contribution is -0.0457. The van der Waals surface area contributed by atoms with Gasteiger partial charge in [-0.2, -0.15) is 8.42 Å². The van der Waals surface area contributed by atoms with Gasteiger partial charge in [-0.05, 0) is 61.8 Å². The standard InChI is InChI=1S/C25H43NO5S/c1-7-9-11-20-13-19(16-30-32(6,28)29)14-21(12-10-8-2)24(20)31-25(27)23-18(5)26-15-22(23)17(3)4/h15,17,19-21,24,26H,7-14,16H2,1-6H3. The Morgan fingerprint density at radius 2 is 1.69 bits per heavy atom. The number of aromatic nitrogens is 1. The van der Waals surface area contributed by atoms with Crippen LogP contribution in [0.5, 0.6) is 0 Å². The lowest BCUT2D eigenvalue weighted by atomic mass is 9.70. The van der Waals surface area contributed by atoms with E-state index in [2.05, 4.69) is 32.7 Å². The minimum atomic E-state index is -3.46. The molecule has 1 aliphatic rings. The van der Waals surface area contributed by atoms with Crippen LogP contribution >= 0.6 is 0 Å². The van der Waals surface area contributed by atoms with Crippen molar-refractivity contribution in [3.05, 3.63) is 23.0 Å². The van der Waals surface area contributed by atoms with E-state index in [0.29, 0.717) is 5.56 Å². The van der Waals surface area contributed by atoms with Crippen LogP contribution in [0.3, 0.4) is 0 Å². The van der Waals surface area contributed by atoms with E-state index in [9.17, 15) is 13.2 Å². The van der Waals surface area contributed by atoms with Crippen LogP contribution in [-0.4, -0.2) is 38.3 Å². The number of unbranched alkanes of at least 4 members (excludes halogenated alkanes) is 2. The van der Waals surface area contributed by atoms with Crippen LogP contribution in [0, 0.1) is 24.7 Å². The summed E-state index contributed by atoms with van der Waals surface area (Å²) in [6.45, 7) is 10.6. The highest BCUT2D eigenvalue weighted by molar-refractivity contribution is 7.85. The van der Waals surface area contributed by atoms with Crippen LogP contribution < -0.4 is 0 Å². The van der Waals surface area contributed by atoms with Crippen LogP contribution in [-0.2, 0) is 19.0 Å². The van der Waals surface area contributed by atoms with Gasteiger partial charge in [0.25, 0.3) is 10.1 Å². The number of hydrogen-bond donors (Lipinski definition) is 1. The number of ether oxygens (including phenoxy) is 1. The van der Waals surface area contributed by atoms with Gasteiger partial charge in [0, 0.05) is 11.9 Å². The predicted molar refractivity (Wildman–Crippen MR) is 128 cm³/mol. The summed E-state index contributed by atoms with van der Waals surface area (Å²) < 4.78 is 34.6. The average Bonchev–Trinajstić information content (AvgIpc) is 3.11. The van der Waals surface area contributed by atoms with Crippen LogP contribution in [0.1, 0.15) is 107 Å². The summed E-state index contributed by atoms with van der Waals surface area (Å²) in [5, 5.41) is 0. The molecule has 184 valence electrons. The highest BCUT2D eigenvalue weighted by Gasteiger charge is 2.40. The third-order valence-electron chi connectivity index (χ3n) is 6.75. The minimum Gasteiger partial charge on any atom is -0.458 e. The molecule has 0 saturated heterocycles. The van der Waals surface area contributed by atoms with E-state index in [1.165, 1.54) is 0 Å². The molecule has 0 amide bonds. The van der Waals surface area contributed by atoms with Crippen molar-refractivity contribution in [3.8, 4) is 0 Å². The van der Waals surface area contributed by atoms with E-state index >= 15 is 0 Å². The van der Waals surface area contributed by atoms with Gasteiger partial charge >= 0.3 is 5.97 Å². The fraction of sp³-hybridized carbons (Fsp3) is 0.800. The minimum absolute atomic E-state index is 0.135. The van der Waals surface area contributed by atoms with Crippen LogP contribution in [0.25, 0.3) is 0 Å². The summed E-state index contributed by atoms with van der Waals surface area (Å²) in [7, 11) is -3.46. The van der Waals surface area contributed by atoms with Crippen molar-refractivity contribution in [1.82, 2.24) is 4.98 Å². The molecule has 0 radical (unpaired) electrons. The van der Waals surface area contributed by atoms with Gasteiger partial charge in [-0.15, -0.1) is 0 Å². The molecule has 0 bridgehead atoms. The van der Waals surface area contributed by atoms with Gasteiger partial charge in [-0.3, -0.25) is 4.18 Å². The van der Waals surface area contributed by atoms with Gasteiger partial charge < -0.3 is 9.72 Å². The Bertz CT molecular complexity index is 811. The summed E-state index contributed by atoms with van der Waals surface area (Å²) in [6.07, 6.45) is 10.8. The molecule has 32 heavy (non-hydrogen) atoms. The van der Waals surface area contributed by atoms with Crippen molar-refractivity contribution in [2.45, 2.75) is 98.0 Å². The van der Waals surface area contributed by atoms with Crippen molar-refractivity contribution < 1.29 is 22.1 Å². The summed E-state index contributed by atoms with van der Waals surface area (Å²) in [5.41, 5.74) is 2.52. The van der Waals surface area contributed by atoms with Crippen molar-refractivity contribution in [2.75, 3.05) is 12.9 Å². The quantitative estimate of drug-likeness (QED) is 0.301. The second kappa shape index (κ2) is 12.2. The molecule has 0 aromatic carbocycles. The van der Waals surface area contributed by atoms with Gasteiger partial charge in [0.2, 0.25) is 0 Å². The lowest BCUT2D eigenvalue weighted by Crippen LogP contribution is -2.42. The molecular formula is C25H43NO5S. The SMILES string of the molecule is CCCCC1CC(COS(C)(=O)=O)CC(CCCC)C1OC(=O)c1c(C(C)C)c[nH]c1C. The Morgan fingerprint density at radius 1 is 1.12 bits per heavy atom. The Hall–Kier alpha value is -1.34. The monoisotopic (exact) mass is 469 g/mol. The van der Waals surface area contributed by atoms with E-state index < -0.39 is 10.1 Å². The molecule has 1 aromatic heterocycles. The third kappa shape index (κ3) is 7.62. The molecule has 1 heterocycles. The Balaban J connectivity index is 2.26. The van der Waals surface area contributed by atoms with Crippen LogP contribution in [0.2, 0.25) is 0 Å². The first-order valence-corrected chi connectivity index (χ1v) is 14.1. The Labute approximate surface area is 195 Å². The van der Waals surface area contributed by atoms with Gasteiger partial charge in [0.05, 0.1) is 18.4 Å². The van der Waals surface area contributed by atoms with Crippen molar-refractivity contribution in [3.63, 3.8) is 0 Å². The molecule has 2 atom stereocenters. The number of carbonyl (C=O) groups excluding carboxylic acids is 1. The first kappa shape index (κ1) is 26.9. The molecule has 7 heteroatoms. The number of hydrogen-bond acceptors (Lipinski definition) is 5. The smallest absolute Gasteiger partial charge is 0.340 e. The number of H-pyrrole nitrogens is 1. The average molecular weight is 470 g/mol. The predicted octanol–water partition coefficient (Wildman–Crippen LogP) is 5.97. The molecule has 2 rings (SSSR count). The highest BCUT2D eigenvalue weighted by atomic mass is 32.2. The van der Waals surface area contributed by atoms with E-state index in [4.69, 9.17) is 8.92 Å². The molecule has 0 aliphatic heterocycles. The third-order valence-corrected chi connectivity index (χ3v) is 7.32. The van der Waals surface area contributed by atoms with Crippen molar-refractivity contribution in [2.24, 2.45) is 17.8 Å². The molecule has 1 aromatic rings. The fourth-order valence-corrected chi connectivity index (χ4v) is 5.55.